The molecule has 0 saturated carbocycles. The molecule has 3 heteroatoms. The highest BCUT2D eigenvalue weighted by Gasteiger charge is 2.19. The van der Waals surface area contributed by atoms with Crippen molar-refractivity contribution in [3.8, 4) is 11.3 Å². The molecule has 4 aromatic rings. The van der Waals surface area contributed by atoms with Crippen LogP contribution in [0.25, 0.3) is 33.5 Å². The first-order valence-corrected chi connectivity index (χ1v) is 7.24. The monoisotopic (exact) mass is 271 g/mol. The number of fused-ring (bicyclic) bond motifs is 6. The van der Waals surface area contributed by atoms with E-state index in [0.717, 1.165) is 35.2 Å². The highest BCUT2D eigenvalue weighted by molar-refractivity contribution is 5.89. The average Bonchev–Trinajstić information content (AvgIpc) is 2.90. The summed E-state index contributed by atoms with van der Waals surface area (Å²) in [6.07, 6.45) is 1.06. The maximum atomic E-state index is 4.82. The molecule has 100 valence electrons. The average molecular weight is 271 g/mol. The predicted octanol–water partition coefficient (Wildman–Crippen LogP) is 3.81. The fourth-order valence-electron chi connectivity index (χ4n) is 3.29. The number of para-hydroxylation sites is 2. The minimum Gasteiger partial charge on any atom is -0.324 e. The van der Waals surface area contributed by atoms with Gasteiger partial charge in [-0.1, -0.05) is 36.4 Å². The van der Waals surface area contributed by atoms with Crippen LogP contribution in [0, 0.1) is 0 Å². The number of aromatic nitrogens is 3. The summed E-state index contributed by atoms with van der Waals surface area (Å²) >= 11 is 0. The van der Waals surface area contributed by atoms with Crippen molar-refractivity contribution >= 4 is 22.2 Å². The van der Waals surface area contributed by atoms with E-state index in [0.29, 0.717) is 0 Å². The third-order valence-electron chi connectivity index (χ3n) is 4.30. The van der Waals surface area contributed by atoms with Crippen molar-refractivity contribution in [1.29, 1.82) is 0 Å². The Morgan fingerprint density at radius 2 is 1.57 bits per heavy atom. The van der Waals surface area contributed by atoms with Crippen LogP contribution >= 0.6 is 0 Å². The molecule has 0 atom stereocenters. The van der Waals surface area contributed by atoms with Gasteiger partial charge in [-0.2, -0.15) is 0 Å². The summed E-state index contributed by atoms with van der Waals surface area (Å²) in [4.78, 5) is 9.60. The van der Waals surface area contributed by atoms with E-state index >= 15 is 0 Å². The first kappa shape index (κ1) is 11.0. The smallest absolute Gasteiger partial charge is 0.159 e. The molecule has 0 amide bonds. The maximum absolute atomic E-state index is 4.82. The molecule has 0 aliphatic carbocycles. The van der Waals surface area contributed by atoms with Crippen molar-refractivity contribution in [2.75, 3.05) is 0 Å². The van der Waals surface area contributed by atoms with Gasteiger partial charge in [-0.05, 0) is 30.2 Å². The lowest BCUT2D eigenvalue weighted by molar-refractivity contribution is 0.704. The summed E-state index contributed by atoms with van der Waals surface area (Å²) < 4.78 is 2.30. The molecule has 3 nitrogen and oxygen atoms in total. The highest BCUT2D eigenvalue weighted by atomic mass is 15.1. The van der Waals surface area contributed by atoms with Crippen molar-refractivity contribution in [2.24, 2.45) is 0 Å². The number of nitrogens with zero attached hydrogens (tertiary/aromatic N) is 3. The van der Waals surface area contributed by atoms with Crippen LogP contribution < -0.4 is 0 Å². The molecule has 0 spiro atoms. The lowest BCUT2D eigenvalue weighted by Gasteiger charge is -2.19. The van der Waals surface area contributed by atoms with Crippen LogP contribution in [-0.2, 0) is 13.0 Å². The van der Waals surface area contributed by atoms with Crippen molar-refractivity contribution in [3.05, 3.63) is 60.2 Å². The molecule has 0 bridgehead atoms. The third kappa shape index (κ3) is 1.49. The van der Waals surface area contributed by atoms with Gasteiger partial charge < -0.3 is 4.57 Å². The Bertz CT molecular complexity index is 998. The summed E-state index contributed by atoms with van der Waals surface area (Å²) in [5.41, 5.74) is 7.87. The van der Waals surface area contributed by atoms with E-state index in [2.05, 4.69) is 34.9 Å². The molecule has 0 saturated heterocycles. The van der Waals surface area contributed by atoms with Crippen molar-refractivity contribution in [1.82, 2.24) is 14.5 Å². The van der Waals surface area contributed by atoms with E-state index in [-0.39, 0.29) is 0 Å². The van der Waals surface area contributed by atoms with Gasteiger partial charge in [0.25, 0.3) is 0 Å². The first-order chi connectivity index (χ1) is 10.4. The minimum absolute atomic E-state index is 0.959. The molecular weight excluding hydrogens is 258 g/mol. The topological polar surface area (TPSA) is 30.7 Å². The van der Waals surface area contributed by atoms with Gasteiger partial charge in [0.05, 0.1) is 16.7 Å². The molecule has 0 fully saturated rings. The van der Waals surface area contributed by atoms with Crippen LogP contribution in [0.5, 0.6) is 0 Å². The standard InChI is InChI=1S/C18H13N3/c1-2-6-13-12(5-1)9-10-21-17(13)11-16-18(21)20-15-8-4-3-7-14(15)19-16/h1-8,11H,9-10H2. The Morgan fingerprint density at radius 3 is 2.48 bits per heavy atom. The van der Waals surface area contributed by atoms with Gasteiger partial charge in [-0.3, -0.25) is 0 Å². The van der Waals surface area contributed by atoms with Crippen molar-refractivity contribution in [2.45, 2.75) is 13.0 Å². The van der Waals surface area contributed by atoms with Gasteiger partial charge >= 0.3 is 0 Å². The lowest BCUT2D eigenvalue weighted by atomic mass is 9.99. The summed E-state index contributed by atoms with van der Waals surface area (Å²) in [7, 11) is 0. The Balaban J connectivity index is 1.89. The maximum Gasteiger partial charge on any atom is 0.159 e. The van der Waals surface area contributed by atoms with E-state index in [9.17, 15) is 0 Å². The molecule has 1 aliphatic heterocycles. The zero-order chi connectivity index (χ0) is 13.8. The van der Waals surface area contributed by atoms with E-state index in [1.165, 1.54) is 16.8 Å². The number of hydrogen-bond donors (Lipinski definition) is 0. The minimum atomic E-state index is 0.959. The second-order valence-corrected chi connectivity index (χ2v) is 5.51. The molecule has 5 rings (SSSR count). The van der Waals surface area contributed by atoms with Gasteiger partial charge in [0.1, 0.15) is 5.52 Å². The van der Waals surface area contributed by atoms with Gasteiger partial charge in [0.15, 0.2) is 5.65 Å². The van der Waals surface area contributed by atoms with Gasteiger partial charge in [-0.25, -0.2) is 9.97 Å². The molecule has 21 heavy (non-hydrogen) atoms. The third-order valence-corrected chi connectivity index (χ3v) is 4.30. The van der Waals surface area contributed by atoms with E-state index in [1.807, 2.05) is 24.3 Å². The zero-order valence-corrected chi connectivity index (χ0v) is 11.5. The molecule has 2 aromatic carbocycles. The van der Waals surface area contributed by atoms with E-state index in [1.54, 1.807) is 0 Å². The quantitative estimate of drug-likeness (QED) is 0.487. The second kappa shape index (κ2) is 3.92. The summed E-state index contributed by atoms with van der Waals surface area (Å²) in [5, 5.41) is 0. The summed E-state index contributed by atoms with van der Waals surface area (Å²) in [5.74, 6) is 0. The summed E-state index contributed by atoms with van der Waals surface area (Å²) in [6.45, 7) is 0.975. The normalized spacial score (nSPS) is 13.3. The Hall–Kier alpha value is -2.68. The van der Waals surface area contributed by atoms with Gasteiger partial charge in [0, 0.05) is 12.1 Å². The predicted molar refractivity (Wildman–Crippen MR) is 84.2 cm³/mol. The molecule has 3 heterocycles. The van der Waals surface area contributed by atoms with Crippen LogP contribution in [0.2, 0.25) is 0 Å². The first-order valence-electron chi connectivity index (χ1n) is 7.24. The van der Waals surface area contributed by atoms with Crippen LogP contribution in [0.15, 0.2) is 54.6 Å². The van der Waals surface area contributed by atoms with Crippen molar-refractivity contribution in [3.63, 3.8) is 0 Å². The van der Waals surface area contributed by atoms with Crippen LogP contribution in [0.1, 0.15) is 5.56 Å². The fraction of sp³-hybridized carbons (Fsp3) is 0.111. The molecular formula is C18H13N3. The summed E-state index contributed by atoms with van der Waals surface area (Å²) in [6, 6.07) is 18.9. The lowest BCUT2D eigenvalue weighted by Crippen LogP contribution is -2.10. The van der Waals surface area contributed by atoms with E-state index < -0.39 is 0 Å². The van der Waals surface area contributed by atoms with Gasteiger partial charge in [-0.15, -0.1) is 0 Å². The van der Waals surface area contributed by atoms with Crippen molar-refractivity contribution < 1.29 is 0 Å². The second-order valence-electron chi connectivity index (χ2n) is 5.51. The fourth-order valence-corrected chi connectivity index (χ4v) is 3.29. The Labute approximate surface area is 121 Å². The number of rotatable bonds is 0. The Morgan fingerprint density at radius 1 is 0.810 bits per heavy atom. The van der Waals surface area contributed by atoms with Gasteiger partial charge in [0.2, 0.25) is 0 Å². The SMILES string of the molecule is c1ccc2c(c1)CCn1c-2cc2nc3ccccc3nc21. The van der Waals surface area contributed by atoms with Crippen LogP contribution in [0.4, 0.5) is 0 Å². The molecule has 2 aromatic heterocycles. The molecule has 0 N–H and O–H groups in total. The molecule has 1 aliphatic rings. The number of benzene rings is 2. The Kier molecular flexibility index (Phi) is 2.06. The molecule has 0 radical (unpaired) electrons. The zero-order valence-electron chi connectivity index (χ0n) is 11.5. The molecule has 0 unspecified atom stereocenters. The van der Waals surface area contributed by atoms with Crippen LogP contribution in [-0.4, -0.2) is 14.5 Å². The number of hydrogen-bond acceptors (Lipinski definition) is 2. The number of aryl methyl sites for hydroxylation is 2. The van der Waals surface area contributed by atoms with Crippen LogP contribution in [0.3, 0.4) is 0 Å². The van der Waals surface area contributed by atoms with E-state index in [4.69, 9.17) is 9.97 Å². The highest BCUT2D eigenvalue weighted by Crippen LogP contribution is 2.33. The largest absolute Gasteiger partial charge is 0.324 e.